The number of nitrogens with zero attached hydrogens (tertiary/aromatic N) is 2. The Morgan fingerprint density at radius 2 is 2.15 bits per heavy atom. The summed E-state index contributed by atoms with van der Waals surface area (Å²) in [6.45, 7) is 3.55. The molecular weight excluding hydrogens is 396 g/mol. The van der Waals surface area contributed by atoms with Crippen LogP contribution in [0.2, 0.25) is 0 Å². The minimum absolute atomic E-state index is 0.156. The fraction of sp³-hybridized carbons (Fsp3) is 0.200. The lowest BCUT2D eigenvalue weighted by Gasteiger charge is -2.49. The van der Waals surface area contributed by atoms with Crippen LogP contribution in [0.5, 0.6) is 0 Å². The van der Waals surface area contributed by atoms with E-state index in [0.29, 0.717) is 17.7 Å². The SMILES string of the molecule is C=CC1=C(C(=O)O)N2C(=O)C(NC(=O)C(=O)c3csc(NC=O)n3)[C@H]2SC1. The zero-order valence-electron chi connectivity index (χ0n) is 13.5. The van der Waals surface area contributed by atoms with Crippen molar-refractivity contribution < 1.29 is 29.1 Å². The number of aromatic nitrogens is 1. The highest BCUT2D eigenvalue weighted by atomic mass is 32.2. The number of β-lactam (4-membered cyclic amide) rings is 1. The van der Waals surface area contributed by atoms with Crippen LogP contribution in [0.3, 0.4) is 0 Å². The fourth-order valence-corrected chi connectivity index (χ4v) is 4.61. The minimum Gasteiger partial charge on any atom is -0.477 e. The summed E-state index contributed by atoms with van der Waals surface area (Å²) >= 11 is 2.23. The Kier molecular flexibility index (Phi) is 5.10. The Hall–Kier alpha value is -2.99. The average molecular weight is 408 g/mol. The largest absolute Gasteiger partial charge is 0.477 e. The van der Waals surface area contributed by atoms with E-state index in [1.54, 1.807) is 0 Å². The summed E-state index contributed by atoms with van der Waals surface area (Å²) in [7, 11) is 0. The molecule has 0 saturated carbocycles. The van der Waals surface area contributed by atoms with E-state index < -0.39 is 35.0 Å². The summed E-state index contributed by atoms with van der Waals surface area (Å²) in [4.78, 5) is 63.3. The van der Waals surface area contributed by atoms with Crippen LogP contribution in [0.15, 0.2) is 29.3 Å². The van der Waals surface area contributed by atoms with Gasteiger partial charge in [0.1, 0.15) is 22.8 Å². The van der Waals surface area contributed by atoms with E-state index in [1.165, 1.54) is 23.2 Å². The van der Waals surface area contributed by atoms with Crippen LogP contribution in [0, 0.1) is 0 Å². The normalized spacial score (nSPS) is 21.0. The summed E-state index contributed by atoms with van der Waals surface area (Å²) in [6, 6.07) is -1.02. The van der Waals surface area contributed by atoms with Gasteiger partial charge in [-0.05, 0) is 5.57 Å². The first kappa shape index (κ1) is 18.8. The van der Waals surface area contributed by atoms with E-state index >= 15 is 0 Å². The lowest BCUT2D eigenvalue weighted by molar-refractivity contribution is -0.150. The Balaban J connectivity index is 1.71. The number of carboxylic acid groups (broad SMARTS) is 1. The number of ketones is 1. The van der Waals surface area contributed by atoms with Crippen molar-refractivity contribution in [2.24, 2.45) is 0 Å². The van der Waals surface area contributed by atoms with Gasteiger partial charge in [-0.2, -0.15) is 0 Å². The van der Waals surface area contributed by atoms with Crippen molar-refractivity contribution in [2.75, 3.05) is 11.1 Å². The topological polar surface area (TPSA) is 146 Å². The third-order valence-electron chi connectivity index (χ3n) is 3.86. The van der Waals surface area contributed by atoms with Gasteiger partial charge in [0.2, 0.25) is 6.41 Å². The van der Waals surface area contributed by atoms with Crippen molar-refractivity contribution in [2.45, 2.75) is 11.4 Å². The Morgan fingerprint density at radius 1 is 1.41 bits per heavy atom. The van der Waals surface area contributed by atoms with Gasteiger partial charge in [0.15, 0.2) is 5.13 Å². The molecule has 1 fully saturated rings. The Labute approximate surface area is 160 Å². The minimum atomic E-state index is -1.26. The number of anilines is 1. The van der Waals surface area contributed by atoms with E-state index in [0.717, 1.165) is 16.2 Å². The van der Waals surface area contributed by atoms with Gasteiger partial charge >= 0.3 is 5.97 Å². The first-order valence-electron chi connectivity index (χ1n) is 7.43. The number of aliphatic carboxylic acids is 1. The molecule has 0 radical (unpaired) electrons. The molecule has 3 N–H and O–H groups in total. The number of thioether (sulfide) groups is 1. The summed E-state index contributed by atoms with van der Waals surface area (Å²) in [6.07, 6.45) is 1.77. The first-order chi connectivity index (χ1) is 12.9. The number of amides is 3. The molecule has 1 aromatic heterocycles. The second kappa shape index (κ2) is 7.32. The zero-order chi connectivity index (χ0) is 19.7. The average Bonchev–Trinajstić information content (AvgIpc) is 3.12. The molecule has 12 heteroatoms. The van der Waals surface area contributed by atoms with Gasteiger partial charge in [-0.1, -0.05) is 12.7 Å². The molecule has 0 aromatic carbocycles. The molecule has 3 amide bonds. The number of hydrogen-bond acceptors (Lipinski definition) is 8. The molecule has 1 aromatic rings. The molecule has 3 rings (SSSR count). The maximum atomic E-state index is 12.3. The van der Waals surface area contributed by atoms with Crippen LogP contribution in [0.4, 0.5) is 5.13 Å². The lowest BCUT2D eigenvalue weighted by Crippen LogP contribution is -2.71. The quantitative estimate of drug-likeness (QED) is 0.244. The molecule has 2 atom stereocenters. The van der Waals surface area contributed by atoms with Crippen LogP contribution in [0.25, 0.3) is 0 Å². The first-order valence-corrected chi connectivity index (χ1v) is 9.36. The van der Waals surface area contributed by atoms with Gasteiger partial charge in [0.25, 0.3) is 17.6 Å². The van der Waals surface area contributed by atoms with Crippen LogP contribution in [-0.4, -0.2) is 62.1 Å². The molecule has 2 aliphatic heterocycles. The molecule has 0 aliphatic carbocycles. The lowest BCUT2D eigenvalue weighted by atomic mass is 10.0. The number of nitrogens with one attached hydrogen (secondary N) is 2. The maximum absolute atomic E-state index is 12.3. The Morgan fingerprint density at radius 3 is 2.78 bits per heavy atom. The zero-order valence-corrected chi connectivity index (χ0v) is 15.1. The van der Waals surface area contributed by atoms with E-state index in [1.807, 2.05) is 0 Å². The third-order valence-corrected chi connectivity index (χ3v) is 5.93. The molecule has 2 aliphatic rings. The van der Waals surface area contributed by atoms with Gasteiger partial charge in [0.05, 0.1) is 0 Å². The highest BCUT2D eigenvalue weighted by Gasteiger charge is 2.54. The summed E-state index contributed by atoms with van der Waals surface area (Å²) in [5, 5.41) is 14.8. The third kappa shape index (κ3) is 3.24. The molecule has 1 unspecified atom stereocenters. The van der Waals surface area contributed by atoms with Gasteiger partial charge in [-0.15, -0.1) is 23.1 Å². The molecule has 140 valence electrons. The van der Waals surface area contributed by atoms with E-state index in [-0.39, 0.29) is 16.5 Å². The summed E-state index contributed by atoms with van der Waals surface area (Å²) in [5.41, 5.74) is 0.0807. The molecule has 3 heterocycles. The number of rotatable bonds is 7. The number of fused-ring (bicyclic) bond motifs is 1. The van der Waals surface area contributed by atoms with Crippen molar-refractivity contribution in [3.05, 3.63) is 35.0 Å². The highest BCUT2D eigenvalue weighted by Crippen LogP contribution is 2.40. The smallest absolute Gasteiger partial charge is 0.352 e. The number of carbonyl (C=O) groups excluding carboxylic acids is 4. The number of Topliss-reactive ketones (excluding diaryl/α,β-unsaturated/α-hetero) is 1. The molecule has 10 nitrogen and oxygen atoms in total. The predicted octanol–water partition coefficient (Wildman–Crippen LogP) is -0.181. The number of carbonyl (C=O) groups is 5. The van der Waals surface area contributed by atoms with E-state index in [4.69, 9.17) is 0 Å². The van der Waals surface area contributed by atoms with Crippen LogP contribution >= 0.6 is 23.1 Å². The monoisotopic (exact) mass is 408 g/mol. The van der Waals surface area contributed by atoms with E-state index in [9.17, 15) is 29.1 Å². The van der Waals surface area contributed by atoms with Gasteiger partial charge in [0, 0.05) is 11.1 Å². The van der Waals surface area contributed by atoms with E-state index in [2.05, 4.69) is 22.2 Å². The number of allylic oxidation sites excluding steroid dienone is 1. The molecule has 27 heavy (non-hydrogen) atoms. The number of thiazole rings is 1. The van der Waals surface area contributed by atoms with Crippen molar-refractivity contribution in [1.29, 1.82) is 0 Å². The van der Waals surface area contributed by atoms with Gasteiger partial charge < -0.3 is 15.7 Å². The van der Waals surface area contributed by atoms with Gasteiger partial charge in [-0.25, -0.2) is 9.78 Å². The Bertz CT molecular complexity index is 908. The second-order valence-corrected chi connectivity index (χ2v) is 7.34. The van der Waals surface area contributed by atoms with Crippen LogP contribution in [0.1, 0.15) is 10.5 Å². The molecule has 1 saturated heterocycles. The second-order valence-electron chi connectivity index (χ2n) is 5.37. The van der Waals surface area contributed by atoms with Crippen molar-refractivity contribution in [1.82, 2.24) is 15.2 Å². The highest BCUT2D eigenvalue weighted by molar-refractivity contribution is 8.00. The molecule has 0 spiro atoms. The molecular formula is C15H12N4O6S2. The predicted molar refractivity (Wildman–Crippen MR) is 96.0 cm³/mol. The summed E-state index contributed by atoms with van der Waals surface area (Å²) < 4.78 is 0. The number of hydrogen-bond donors (Lipinski definition) is 3. The maximum Gasteiger partial charge on any atom is 0.352 e. The standard InChI is InChI=1S/C15H12N4O6S2/c1-2-6-3-26-13-8(12(23)19(13)9(6)14(24)25)18-11(22)10(21)7-4-27-15(17-7)16-5-20/h2,4-5,8,13H,1,3H2,(H,18,22)(H,24,25)(H,16,17,20)/t8?,13-/m1/s1. The molecule has 0 bridgehead atoms. The fourth-order valence-electron chi connectivity index (χ4n) is 2.62. The summed E-state index contributed by atoms with van der Waals surface area (Å²) in [5.74, 6) is -3.56. The van der Waals surface area contributed by atoms with Gasteiger partial charge in [-0.3, -0.25) is 24.1 Å². The van der Waals surface area contributed by atoms with Crippen molar-refractivity contribution in [3.63, 3.8) is 0 Å². The van der Waals surface area contributed by atoms with Crippen LogP contribution in [-0.2, 0) is 19.2 Å². The van der Waals surface area contributed by atoms with Crippen molar-refractivity contribution >= 4 is 58.2 Å². The van der Waals surface area contributed by atoms with Crippen LogP contribution < -0.4 is 10.6 Å². The number of carboxylic acids is 1. The van der Waals surface area contributed by atoms with Crippen molar-refractivity contribution in [3.8, 4) is 0 Å².